The number of aryl methyl sites for hydroxylation is 2. The lowest BCUT2D eigenvalue weighted by Crippen LogP contribution is -2.25. The Morgan fingerprint density at radius 1 is 0.905 bits per heavy atom. The number of aliphatic hydroxyl groups is 1. The molecular formula is C32H60N8O2. The van der Waals surface area contributed by atoms with Gasteiger partial charge in [0.25, 0.3) is 0 Å². The van der Waals surface area contributed by atoms with Crippen molar-refractivity contribution in [3.63, 3.8) is 0 Å². The number of nitrogens with one attached hydrogen (secondary N) is 4. The van der Waals surface area contributed by atoms with Crippen LogP contribution >= 0.6 is 0 Å². The number of aromatic nitrogens is 3. The van der Waals surface area contributed by atoms with Gasteiger partial charge in [0.1, 0.15) is 0 Å². The third-order valence-electron chi connectivity index (χ3n) is 6.05. The van der Waals surface area contributed by atoms with E-state index in [4.69, 9.17) is 15.6 Å². The normalized spacial score (nSPS) is 13.3. The molecular weight excluding hydrogens is 528 g/mol. The molecule has 1 aliphatic heterocycles. The van der Waals surface area contributed by atoms with Crippen molar-refractivity contribution in [3.8, 4) is 0 Å². The lowest BCUT2D eigenvalue weighted by Gasteiger charge is -2.05. The van der Waals surface area contributed by atoms with Gasteiger partial charge in [-0.2, -0.15) is 0 Å². The molecule has 1 fully saturated rings. The lowest BCUT2D eigenvalue weighted by atomic mass is 10.2. The molecule has 1 saturated heterocycles. The van der Waals surface area contributed by atoms with Crippen LogP contribution in [0, 0.1) is 0 Å². The number of hydrogen-bond donors (Lipinski definition) is 6. The first-order valence-corrected chi connectivity index (χ1v) is 15.2. The Hall–Kier alpha value is -2.57. The van der Waals surface area contributed by atoms with Crippen LogP contribution in [0.5, 0.6) is 0 Å². The first kappa shape index (κ1) is 39.4. The second kappa shape index (κ2) is 31.4. The first-order valence-electron chi connectivity index (χ1n) is 15.2. The van der Waals surface area contributed by atoms with Gasteiger partial charge in [0.05, 0.1) is 13.2 Å². The van der Waals surface area contributed by atoms with Crippen molar-refractivity contribution in [1.82, 2.24) is 35.4 Å². The van der Waals surface area contributed by atoms with Crippen LogP contribution in [0.4, 0.5) is 0 Å². The quantitative estimate of drug-likeness (QED) is 0.159. The van der Waals surface area contributed by atoms with Crippen LogP contribution < -0.4 is 27.0 Å². The van der Waals surface area contributed by atoms with E-state index in [1.165, 1.54) is 25.8 Å². The van der Waals surface area contributed by atoms with Gasteiger partial charge in [0.2, 0.25) is 0 Å². The van der Waals surface area contributed by atoms with Gasteiger partial charge in [0.15, 0.2) is 0 Å². The fraction of sp³-hybridized carbons (Fsp3) is 0.594. The van der Waals surface area contributed by atoms with Crippen LogP contribution in [0.15, 0.2) is 73.4 Å². The zero-order valence-electron chi connectivity index (χ0n) is 26.7. The highest BCUT2D eigenvalue weighted by atomic mass is 16.5. The number of rotatable bonds is 14. The highest BCUT2D eigenvalue weighted by Gasteiger charge is 2.12. The molecule has 0 aliphatic carbocycles. The van der Waals surface area contributed by atoms with E-state index in [1.807, 2.05) is 50.6 Å². The van der Waals surface area contributed by atoms with Gasteiger partial charge in [-0.3, -0.25) is 4.98 Å². The Bertz CT molecular complexity index is 856. The highest BCUT2D eigenvalue weighted by molar-refractivity contribution is 5.03. The number of aliphatic hydroxyl groups excluding tert-OH is 1. The van der Waals surface area contributed by atoms with Gasteiger partial charge in [-0.15, -0.1) is 0 Å². The second-order valence-corrected chi connectivity index (χ2v) is 9.69. The molecule has 10 nitrogen and oxygen atoms in total. The van der Waals surface area contributed by atoms with Crippen LogP contribution in [0.3, 0.4) is 0 Å². The molecule has 4 rings (SSSR count). The lowest BCUT2D eigenvalue weighted by molar-refractivity contribution is 0.173. The van der Waals surface area contributed by atoms with Crippen molar-refractivity contribution in [1.29, 1.82) is 0 Å². The van der Waals surface area contributed by atoms with Gasteiger partial charge >= 0.3 is 0 Å². The fourth-order valence-corrected chi connectivity index (χ4v) is 3.76. The Morgan fingerprint density at radius 3 is 1.95 bits per heavy atom. The number of hydrogen-bond acceptors (Lipinski definition) is 8. The van der Waals surface area contributed by atoms with Gasteiger partial charge in [-0.1, -0.05) is 6.07 Å². The van der Waals surface area contributed by atoms with E-state index in [0.717, 1.165) is 57.9 Å². The van der Waals surface area contributed by atoms with E-state index in [2.05, 4.69) is 72.3 Å². The molecule has 0 aromatic carbocycles. The standard InChI is InChI=1S/C8H14N2.C8H12N2.C7H12N2.C6H13NO.C3H9NO/c1-9-5-4-8-10-6-2-3-7-10;1-9-7-5-8-4-2-3-6-10-8;8-4-3-7-9-5-1-2-6-9;1-8-5-6-3-2-4-7-6;1-4-2-3-5/h2-3,6-7,9H,4-5,8H2,1H3;2-4,6,9H,5,7H2,1H3;1-2,5-6H,3-4,7-8H2;6-7H,2-5H2,1H3;4-5H,2-3H2,1H3/t;;;6-;/m...0./s1. The Labute approximate surface area is 255 Å². The average Bonchev–Trinajstić information content (AvgIpc) is 3.83. The predicted molar refractivity (Wildman–Crippen MR) is 177 cm³/mol. The third kappa shape index (κ3) is 25.2. The fourth-order valence-electron chi connectivity index (χ4n) is 3.76. The number of nitrogens with two attached hydrogens (primary N) is 1. The molecule has 3 aromatic rings. The topological polar surface area (TPSA) is 126 Å². The summed E-state index contributed by atoms with van der Waals surface area (Å²) in [7, 11) is 7.48. The molecule has 0 spiro atoms. The van der Waals surface area contributed by atoms with Crippen molar-refractivity contribution in [2.45, 2.75) is 51.2 Å². The molecule has 0 unspecified atom stereocenters. The number of likely N-dealkylation sites (N-methyl/N-ethyl adjacent to an activating group) is 2. The minimum atomic E-state index is 0.233. The monoisotopic (exact) mass is 588 g/mol. The highest BCUT2D eigenvalue weighted by Crippen LogP contribution is 2.03. The van der Waals surface area contributed by atoms with Crippen molar-refractivity contribution in [2.24, 2.45) is 5.73 Å². The van der Waals surface area contributed by atoms with E-state index < -0.39 is 0 Å². The summed E-state index contributed by atoms with van der Waals surface area (Å²) < 4.78 is 9.29. The first-order chi connectivity index (χ1) is 20.6. The summed E-state index contributed by atoms with van der Waals surface area (Å²) in [6.07, 6.45) is 16.0. The maximum Gasteiger partial charge on any atom is 0.0615 e. The van der Waals surface area contributed by atoms with Crippen LogP contribution in [-0.4, -0.2) is 99.5 Å². The predicted octanol–water partition coefficient (Wildman–Crippen LogP) is 2.36. The number of nitrogens with zero attached hydrogens (tertiary/aromatic N) is 3. The molecule has 0 amide bonds. The second-order valence-electron chi connectivity index (χ2n) is 9.69. The van der Waals surface area contributed by atoms with Crippen LogP contribution in [0.25, 0.3) is 0 Å². The smallest absolute Gasteiger partial charge is 0.0615 e. The zero-order valence-corrected chi connectivity index (χ0v) is 26.7. The van der Waals surface area contributed by atoms with E-state index in [-0.39, 0.29) is 6.61 Å². The molecule has 0 saturated carbocycles. The molecule has 3 aromatic heterocycles. The van der Waals surface area contributed by atoms with E-state index in [1.54, 1.807) is 14.2 Å². The average molecular weight is 589 g/mol. The molecule has 7 N–H and O–H groups in total. The molecule has 4 heterocycles. The summed E-state index contributed by atoms with van der Waals surface area (Å²) in [6.45, 7) is 8.01. The van der Waals surface area contributed by atoms with Crippen molar-refractivity contribution >= 4 is 0 Å². The van der Waals surface area contributed by atoms with E-state index in [0.29, 0.717) is 12.6 Å². The summed E-state index contributed by atoms with van der Waals surface area (Å²) in [5, 5.41) is 20.3. The summed E-state index contributed by atoms with van der Waals surface area (Å²) in [6, 6.07) is 14.8. The Kier molecular flexibility index (Phi) is 29.4. The van der Waals surface area contributed by atoms with Crippen molar-refractivity contribution in [2.75, 3.05) is 74.2 Å². The summed E-state index contributed by atoms with van der Waals surface area (Å²) in [5.74, 6) is 0. The number of methoxy groups -OCH3 is 1. The molecule has 0 bridgehead atoms. The summed E-state index contributed by atoms with van der Waals surface area (Å²) in [5.41, 5.74) is 6.48. The molecule has 240 valence electrons. The van der Waals surface area contributed by atoms with Crippen molar-refractivity contribution < 1.29 is 9.84 Å². The maximum atomic E-state index is 8.00. The van der Waals surface area contributed by atoms with Gasteiger partial charge in [0, 0.05) is 82.4 Å². The number of pyridine rings is 1. The zero-order chi connectivity index (χ0) is 30.9. The minimum Gasteiger partial charge on any atom is -0.395 e. The molecule has 42 heavy (non-hydrogen) atoms. The third-order valence-corrected chi connectivity index (χ3v) is 6.05. The SMILES string of the molecule is CNCCCn1cccc1.CNCCO.CNCCc1ccccn1.COC[C@@H]1CCCN1.NCCCn1cccc1. The molecule has 0 radical (unpaired) electrons. The van der Waals surface area contributed by atoms with E-state index in [9.17, 15) is 0 Å². The van der Waals surface area contributed by atoms with Crippen molar-refractivity contribution in [3.05, 3.63) is 79.1 Å². The van der Waals surface area contributed by atoms with Crippen LogP contribution in [0.2, 0.25) is 0 Å². The van der Waals surface area contributed by atoms with Gasteiger partial charge in [-0.25, -0.2) is 0 Å². The summed E-state index contributed by atoms with van der Waals surface area (Å²) in [4.78, 5) is 4.18. The van der Waals surface area contributed by atoms with Gasteiger partial charge in [-0.05, 0) is 103 Å². The van der Waals surface area contributed by atoms with Crippen LogP contribution in [0.1, 0.15) is 31.4 Å². The van der Waals surface area contributed by atoms with Crippen LogP contribution in [-0.2, 0) is 24.2 Å². The molecule has 1 atom stereocenters. The maximum absolute atomic E-state index is 8.00. The largest absolute Gasteiger partial charge is 0.395 e. The number of ether oxygens (including phenoxy) is 1. The van der Waals surface area contributed by atoms with E-state index >= 15 is 0 Å². The molecule has 10 heteroatoms. The Morgan fingerprint density at radius 2 is 1.52 bits per heavy atom. The summed E-state index contributed by atoms with van der Waals surface area (Å²) >= 11 is 0. The van der Waals surface area contributed by atoms with Gasteiger partial charge < -0.3 is 46.0 Å². The molecule has 1 aliphatic rings. The Balaban J connectivity index is 0.000000509. The minimum absolute atomic E-state index is 0.233.